The van der Waals surface area contributed by atoms with Crippen LogP contribution in [0.1, 0.15) is 24.6 Å². The Labute approximate surface area is 122 Å². The molecule has 0 unspecified atom stereocenters. The lowest BCUT2D eigenvalue weighted by Crippen LogP contribution is -2.03. The fourth-order valence-corrected chi connectivity index (χ4v) is 1.85. The molecule has 0 bridgehead atoms. The van der Waals surface area contributed by atoms with Crippen molar-refractivity contribution in [2.75, 3.05) is 11.9 Å². The van der Waals surface area contributed by atoms with Crippen LogP contribution in [0.4, 0.5) is 11.4 Å². The van der Waals surface area contributed by atoms with Crippen molar-refractivity contribution in [3.05, 3.63) is 45.8 Å². The van der Waals surface area contributed by atoms with E-state index in [4.69, 9.17) is 4.74 Å². The number of nitro benzene ring substituents is 1. The van der Waals surface area contributed by atoms with Gasteiger partial charge in [0.1, 0.15) is 0 Å². The maximum absolute atomic E-state index is 11.0. The van der Waals surface area contributed by atoms with E-state index >= 15 is 0 Å². The molecule has 0 aliphatic rings. The molecule has 2 aromatic rings. The van der Waals surface area contributed by atoms with E-state index in [0.717, 1.165) is 23.4 Å². The zero-order valence-electron chi connectivity index (χ0n) is 12.0. The Balaban J connectivity index is 2.13. The van der Waals surface area contributed by atoms with Gasteiger partial charge in [0.25, 0.3) is 0 Å². The lowest BCUT2D eigenvalue weighted by molar-refractivity contribution is -0.385. The highest BCUT2D eigenvalue weighted by Crippen LogP contribution is 2.30. The SMILES string of the molecule is CCCOc1cc(NCc2cn[nH]c2C)ccc1[N+](=O)[O-]. The molecule has 0 saturated carbocycles. The minimum Gasteiger partial charge on any atom is -0.487 e. The fraction of sp³-hybridized carbons (Fsp3) is 0.357. The second kappa shape index (κ2) is 6.74. The maximum atomic E-state index is 11.0. The molecule has 0 saturated heterocycles. The van der Waals surface area contributed by atoms with Crippen LogP contribution in [0.3, 0.4) is 0 Å². The Morgan fingerprint density at radius 3 is 2.90 bits per heavy atom. The first-order valence-electron chi connectivity index (χ1n) is 6.75. The van der Waals surface area contributed by atoms with Gasteiger partial charge in [-0.3, -0.25) is 15.2 Å². The highest BCUT2D eigenvalue weighted by Gasteiger charge is 2.15. The van der Waals surface area contributed by atoms with Gasteiger partial charge < -0.3 is 10.1 Å². The van der Waals surface area contributed by atoms with Gasteiger partial charge in [-0.1, -0.05) is 6.92 Å². The van der Waals surface area contributed by atoms with E-state index in [2.05, 4.69) is 15.5 Å². The summed E-state index contributed by atoms with van der Waals surface area (Å²) in [6.45, 7) is 4.93. The third-order valence-electron chi connectivity index (χ3n) is 3.04. The second-order valence-corrected chi connectivity index (χ2v) is 4.66. The summed E-state index contributed by atoms with van der Waals surface area (Å²) in [4.78, 5) is 10.5. The van der Waals surface area contributed by atoms with E-state index < -0.39 is 4.92 Å². The Morgan fingerprint density at radius 1 is 1.48 bits per heavy atom. The zero-order valence-corrected chi connectivity index (χ0v) is 12.0. The predicted octanol–water partition coefficient (Wildman–Crippen LogP) is 3.03. The van der Waals surface area contributed by atoms with Crippen molar-refractivity contribution in [2.45, 2.75) is 26.8 Å². The maximum Gasteiger partial charge on any atom is 0.311 e. The molecular weight excluding hydrogens is 272 g/mol. The minimum absolute atomic E-state index is 0.0199. The molecule has 0 spiro atoms. The van der Waals surface area contributed by atoms with Gasteiger partial charge in [-0.25, -0.2) is 0 Å². The quantitative estimate of drug-likeness (QED) is 0.604. The van der Waals surface area contributed by atoms with Gasteiger partial charge in [-0.2, -0.15) is 5.10 Å². The number of nitrogens with one attached hydrogen (secondary N) is 2. The van der Waals surface area contributed by atoms with E-state index in [1.807, 2.05) is 13.8 Å². The number of benzene rings is 1. The molecule has 2 rings (SSSR count). The van der Waals surface area contributed by atoms with Crippen LogP contribution in [0, 0.1) is 17.0 Å². The van der Waals surface area contributed by atoms with Gasteiger partial charge in [-0.15, -0.1) is 0 Å². The van der Waals surface area contributed by atoms with Gasteiger partial charge in [0, 0.05) is 35.6 Å². The number of rotatable bonds is 7. The predicted molar refractivity (Wildman–Crippen MR) is 79.5 cm³/mol. The molecule has 112 valence electrons. The highest BCUT2D eigenvalue weighted by molar-refractivity contribution is 5.58. The van der Waals surface area contributed by atoms with Crippen LogP contribution in [-0.2, 0) is 6.54 Å². The Kier molecular flexibility index (Phi) is 4.76. The van der Waals surface area contributed by atoms with E-state index in [1.54, 1.807) is 18.3 Å². The van der Waals surface area contributed by atoms with Crippen molar-refractivity contribution in [1.29, 1.82) is 0 Å². The first-order valence-corrected chi connectivity index (χ1v) is 6.75. The molecule has 1 heterocycles. The third-order valence-corrected chi connectivity index (χ3v) is 3.04. The first-order chi connectivity index (χ1) is 10.1. The Hall–Kier alpha value is -2.57. The number of H-pyrrole nitrogens is 1. The normalized spacial score (nSPS) is 10.4. The number of nitrogens with zero attached hydrogens (tertiary/aromatic N) is 2. The highest BCUT2D eigenvalue weighted by atomic mass is 16.6. The topological polar surface area (TPSA) is 93.1 Å². The molecule has 2 N–H and O–H groups in total. The Bertz CT molecular complexity index is 624. The summed E-state index contributed by atoms with van der Waals surface area (Å²) in [5.41, 5.74) is 2.79. The van der Waals surface area contributed by atoms with Crippen LogP contribution in [0.15, 0.2) is 24.4 Å². The lowest BCUT2D eigenvalue weighted by Gasteiger charge is -2.09. The Morgan fingerprint density at radius 2 is 2.29 bits per heavy atom. The second-order valence-electron chi connectivity index (χ2n) is 4.66. The van der Waals surface area contributed by atoms with Gasteiger partial charge >= 0.3 is 5.69 Å². The number of aryl methyl sites for hydroxylation is 1. The molecule has 7 nitrogen and oxygen atoms in total. The molecule has 0 aliphatic carbocycles. The van der Waals surface area contributed by atoms with Crippen LogP contribution in [0.25, 0.3) is 0 Å². The number of ether oxygens (including phenoxy) is 1. The number of hydrogen-bond acceptors (Lipinski definition) is 5. The average Bonchev–Trinajstić information content (AvgIpc) is 2.88. The van der Waals surface area contributed by atoms with Gasteiger partial charge in [0.2, 0.25) is 0 Å². The smallest absolute Gasteiger partial charge is 0.311 e. The summed E-state index contributed by atoms with van der Waals surface area (Å²) < 4.78 is 5.45. The summed E-state index contributed by atoms with van der Waals surface area (Å²) in [6, 6.07) is 4.78. The van der Waals surface area contributed by atoms with Gasteiger partial charge in [0.05, 0.1) is 17.7 Å². The standard InChI is InChI=1S/C14H18N4O3/c1-3-6-21-14-7-12(4-5-13(14)18(19)20)15-8-11-9-16-17-10(11)2/h4-5,7,9,15H,3,6,8H2,1-2H3,(H,16,17). The number of aromatic amines is 1. The van der Waals surface area contributed by atoms with E-state index in [0.29, 0.717) is 13.2 Å². The average molecular weight is 290 g/mol. The lowest BCUT2D eigenvalue weighted by atomic mass is 10.2. The van der Waals surface area contributed by atoms with Gasteiger partial charge in [0.15, 0.2) is 5.75 Å². The molecule has 0 atom stereocenters. The molecule has 0 amide bonds. The molecule has 1 aromatic carbocycles. The summed E-state index contributed by atoms with van der Waals surface area (Å²) in [7, 11) is 0. The molecule has 0 fully saturated rings. The number of hydrogen-bond donors (Lipinski definition) is 2. The monoisotopic (exact) mass is 290 g/mol. The summed E-state index contributed by atoms with van der Waals surface area (Å²) in [6.07, 6.45) is 2.55. The molecular formula is C14H18N4O3. The number of nitro groups is 1. The summed E-state index contributed by atoms with van der Waals surface area (Å²) >= 11 is 0. The third kappa shape index (κ3) is 3.71. The summed E-state index contributed by atoms with van der Waals surface area (Å²) in [5, 5.41) is 21.0. The van der Waals surface area contributed by atoms with Crippen LogP contribution in [0.2, 0.25) is 0 Å². The van der Waals surface area contributed by atoms with Crippen LogP contribution >= 0.6 is 0 Å². The summed E-state index contributed by atoms with van der Waals surface area (Å²) in [5.74, 6) is 0.288. The molecule has 21 heavy (non-hydrogen) atoms. The van der Waals surface area contributed by atoms with Crippen molar-refractivity contribution >= 4 is 11.4 Å². The van der Waals surface area contributed by atoms with E-state index in [-0.39, 0.29) is 11.4 Å². The van der Waals surface area contributed by atoms with E-state index in [1.165, 1.54) is 6.07 Å². The van der Waals surface area contributed by atoms with Crippen molar-refractivity contribution < 1.29 is 9.66 Å². The van der Waals surface area contributed by atoms with Crippen LogP contribution in [0.5, 0.6) is 5.75 Å². The minimum atomic E-state index is -0.436. The molecule has 1 aromatic heterocycles. The van der Waals surface area contributed by atoms with Crippen LogP contribution < -0.4 is 10.1 Å². The zero-order chi connectivity index (χ0) is 15.2. The number of aromatic nitrogens is 2. The van der Waals surface area contributed by atoms with Crippen molar-refractivity contribution in [3.63, 3.8) is 0 Å². The number of anilines is 1. The van der Waals surface area contributed by atoms with Crippen molar-refractivity contribution in [3.8, 4) is 5.75 Å². The first kappa shape index (κ1) is 14.8. The largest absolute Gasteiger partial charge is 0.487 e. The molecule has 0 radical (unpaired) electrons. The van der Waals surface area contributed by atoms with Crippen molar-refractivity contribution in [2.24, 2.45) is 0 Å². The van der Waals surface area contributed by atoms with Gasteiger partial charge in [-0.05, 0) is 19.4 Å². The molecule has 7 heteroatoms. The fourth-order valence-electron chi connectivity index (χ4n) is 1.85. The van der Waals surface area contributed by atoms with Crippen LogP contribution in [-0.4, -0.2) is 21.7 Å². The van der Waals surface area contributed by atoms with Crippen molar-refractivity contribution in [1.82, 2.24) is 10.2 Å². The molecule has 0 aliphatic heterocycles. The van der Waals surface area contributed by atoms with E-state index in [9.17, 15) is 10.1 Å².